The molecule has 2 aromatic heterocycles. The molecule has 1 N–H and O–H groups in total. The quantitative estimate of drug-likeness (QED) is 0.739. The van der Waals surface area contributed by atoms with E-state index in [1.165, 1.54) is 20.4 Å². The van der Waals surface area contributed by atoms with Crippen molar-refractivity contribution in [1.82, 2.24) is 24.3 Å². The first kappa shape index (κ1) is 12.0. The second-order valence-electron chi connectivity index (χ2n) is 3.67. The second-order valence-corrected chi connectivity index (χ2v) is 3.67. The van der Waals surface area contributed by atoms with Gasteiger partial charge in [-0.15, -0.1) is 5.10 Å². The average molecular weight is 248 g/mol. The Kier molecular flexibility index (Phi) is 3.18. The summed E-state index contributed by atoms with van der Waals surface area (Å²) in [6.45, 7) is 0.336. The van der Waals surface area contributed by atoms with Crippen LogP contribution >= 0.6 is 0 Å². The summed E-state index contributed by atoms with van der Waals surface area (Å²) in [6.07, 6.45) is 3.03. The Morgan fingerprint density at radius 1 is 1.33 bits per heavy atom. The van der Waals surface area contributed by atoms with Gasteiger partial charge in [0.1, 0.15) is 6.33 Å². The topological polar surface area (TPSA) is 94.7 Å². The van der Waals surface area contributed by atoms with Gasteiger partial charge in [0.25, 0.3) is 5.56 Å². The van der Waals surface area contributed by atoms with E-state index in [0.29, 0.717) is 6.54 Å². The third kappa shape index (κ3) is 2.26. The lowest BCUT2D eigenvalue weighted by Gasteiger charge is -2.07. The minimum atomic E-state index is -0.466. The van der Waals surface area contributed by atoms with Crippen LogP contribution in [0.4, 0.5) is 5.82 Å². The van der Waals surface area contributed by atoms with E-state index in [4.69, 9.17) is 0 Å². The lowest BCUT2D eigenvalue weighted by molar-refractivity contribution is 0.604. The molecule has 0 atom stereocenters. The Morgan fingerprint density at radius 3 is 2.78 bits per heavy atom. The molecular formula is C10H12N6O2. The highest BCUT2D eigenvalue weighted by Crippen LogP contribution is 1.96. The van der Waals surface area contributed by atoms with Crippen LogP contribution in [0.15, 0.2) is 28.2 Å². The first-order valence-electron chi connectivity index (χ1n) is 5.22. The summed E-state index contributed by atoms with van der Waals surface area (Å²) in [5.74, 6) is 0.109. The predicted octanol–water partition coefficient (Wildman–Crippen LogP) is -1.12. The van der Waals surface area contributed by atoms with Crippen LogP contribution in [0.25, 0.3) is 0 Å². The Bertz CT molecular complexity index is 660. The van der Waals surface area contributed by atoms with Gasteiger partial charge in [-0.2, -0.15) is 0 Å². The number of hydrogen-bond acceptors (Lipinski definition) is 6. The summed E-state index contributed by atoms with van der Waals surface area (Å²) in [5.41, 5.74) is -0.206. The average Bonchev–Trinajstić information content (AvgIpc) is 2.40. The van der Waals surface area contributed by atoms with E-state index in [2.05, 4.69) is 20.4 Å². The van der Waals surface area contributed by atoms with E-state index in [1.807, 2.05) is 0 Å². The van der Waals surface area contributed by atoms with Gasteiger partial charge in [-0.05, 0) is 6.07 Å². The fourth-order valence-corrected chi connectivity index (χ4v) is 1.41. The van der Waals surface area contributed by atoms with Crippen molar-refractivity contribution in [3.05, 3.63) is 45.1 Å². The van der Waals surface area contributed by atoms with Crippen LogP contribution in [0.2, 0.25) is 0 Å². The maximum Gasteiger partial charge on any atom is 0.346 e. The summed E-state index contributed by atoms with van der Waals surface area (Å²) >= 11 is 0. The Balaban J connectivity index is 2.26. The van der Waals surface area contributed by atoms with Gasteiger partial charge >= 0.3 is 5.69 Å². The van der Waals surface area contributed by atoms with Crippen molar-refractivity contribution < 1.29 is 0 Å². The van der Waals surface area contributed by atoms with E-state index in [-0.39, 0.29) is 5.82 Å². The highest BCUT2D eigenvalue weighted by Gasteiger charge is 2.08. The van der Waals surface area contributed by atoms with E-state index >= 15 is 0 Å². The monoisotopic (exact) mass is 248 g/mol. The molecule has 94 valence electrons. The molecule has 0 unspecified atom stereocenters. The van der Waals surface area contributed by atoms with E-state index in [0.717, 1.165) is 14.9 Å². The molecule has 0 saturated carbocycles. The first-order valence-corrected chi connectivity index (χ1v) is 5.22. The first-order chi connectivity index (χ1) is 8.59. The molecule has 0 fully saturated rings. The van der Waals surface area contributed by atoms with Gasteiger partial charge in [-0.3, -0.25) is 9.36 Å². The molecule has 18 heavy (non-hydrogen) atoms. The van der Waals surface area contributed by atoms with Gasteiger partial charge in [-0.25, -0.2) is 19.4 Å². The molecule has 0 radical (unpaired) electrons. The Labute approximate surface area is 102 Å². The number of nitrogens with one attached hydrogen (secondary N) is 1. The standard InChI is InChI=1S/C10H12N6O2/c1-15-9(17)8(14-16(2)10(15)18)12-5-7-3-4-11-6-13-7/h3-4,6H,5H2,1-2H3,(H,12,14). The summed E-state index contributed by atoms with van der Waals surface area (Å²) < 4.78 is 2.10. The van der Waals surface area contributed by atoms with Crippen LogP contribution in [-0.2, 0) is 20.6 Å². The van der Waals surface area contributed by atoms with E-state index in [9.17, 15) is 9.59 Å². The van der Waals surface area contributed by atoms with Crippen LogP contribution in [0.1, 0.15) is 5.69 Å². The minimum Gasteiger partial charge on any atom is -0.358 e. The minimum absolute atomic E-state index is 0.109. The maximum absolute atomic E-state index is 11.8. The summed E-state index contributed by atoms with van der Waals surface area (Å²) in [4.78, 5) is 31.0. The lowest BCUT2D eigenvalue weighted by Crippen LogP contribution is -2.39. The molecule has 8 heteroatoms. The van der Waals surface area contributed by atoms with Crippen LogP contribution in [0.3, 0.4) is 0 Å². The van der Waals surface area contributed by atoms with Crippen molar-refractivity contribution in [1.29, 1.82) is 0 Å². The molecule has 2 rings (SSSR count). The number of hydrogen-bond donors (Lipinski definition) is 1. The van der Waals surface area contributed by atoms with Gasteiger partial charge in [-0.1, -0.05) is 0 Å². The highest BCUT2D eigenvalue weighted by atomic mass is 16.2. The van der Waals surface area contributed by atoms with Crippen LogP contribution < -0.4 is 16.6 Å². The fraction of sp³-hybridized carbons (Fsp3) is 0.300. The molecule has 2 aromatic rings. The fourth-order valence-electron chi connectivity index (χ4n) is 1.41. The van der Waals surface area contributed by atoms with Crippen LogP contribution in [-0.4, -0.2) is 24.3 Å². The lowest BCUT2D eigenvalue weighted by atomic mass is 10.4. The van der Waals surface area contributed by atoms with Gasteiger partial charge in [0.05, 0.1) is 12.2 Å². The molecule has 0 aromatic carbocycles. The number of rotatable bonds is 3. The van der Waals surface area contributed by atoms with Crippen molar-refractivity contribution in [2.75, 3.05) is 5.32 Å². The molecular weight excluding hydrogens is 236 g/mol. The molecule has 8 nitrogen and oxygen atoms in total. The molecule has 0 bridgehead atoms. The summed E-state index contributed by atoms with van der Waals surface area (Å²) in [7, 11) is 2.89. The molecule has 0 aliphatic carbocycles. The van der Waals surface area contributed by atoms with Crippen molar-refractivity contribution in [2.45, 2.75) is 6.54 Å². The van der Waals surface area contributed by atoms with E-state index in [1.54, 1.807) is 12.3 Å². The molecule has 0 saturated heterocycles. The molecule has 0 aliphatic heterocycles. The number of anilines is 1. The number of aromatic nitrogens is 5. The maximum atomic E-state index is 11.8. The zero-order valence-electron chi connectivity index (χ0n) is 9.99. The zero-order valence-corrected chi connectivity index (χ0v) is 9.99. The molecule has 2 heterocycles. The largest absolute Gasteiger partial charge is 0.358 e. The van der Waals surface area contributed by atoms with Crippen molar-refractivity contribution in [2.24, 2.45) is 14.1 Å². The van der Waals surface area contributed by atoms with Crippen molar-refractivity contribution in [3.63, 3.8) is 0 Å². The Hall–Kier alpha value is -2.51. The molecule has 0 amide bonds. The van der Waals surface area contributed by atoms with Crippen LogP contribution in [0, 0.1) is 0 Å². The zero-order chi connectivity index (χ0) is 13.1. The van der Waals surface area contributed by atoms with Crippen LogP contribution in [0.5, 0.6) is 0 Å². The molecule has 0 aliphatic rings. The van der Waals surface area contributed by atoms with Crippen molar-refractivity contribution >= 4 is 5.82 Å². The van der Waals surface area contributed by atoms with Gasteiger partial charge in [0.2, 0.25) is 5.82 Å². The normalized spacial score (nSPS) is 10.3. The highest BCUT2D eigenvalue weighted by molar-refractivity contribution is 5.30. The van der Waals surface area contributed by atoms with E-state index < -0.39 is 11.2 Å². The smallest absolute Gasteiger partial charge is 0.346 e. The SMILES string of the molecule is Cn1nc(NCc2ccncn2)c(=O)n(C)c1=O. The predicted molar refractivity (Wildman–Crippen MR) is 64.1 cm³/mol. The van der Waals surface area contributed by atoms with Gasteiger partial charge in [0.15, 0.2) is 0 Å². The van der Waals surface area contributed by atoms with Gasteiger partial charge < -0.3 is 5.32 Å². The second kappa shape index (κ2) is 4.78. The summed E-state index contributed by atoms with van der Waals surface area (Å²) in [6, 6.07) is 1.72. The third-order valence-corrected chi connectivity index (χ3v) is 2.40. The summed E-state index contributed by atoms with van der Waals surface area (Å²) in [5, 5.41) is 6.71. The van der Waals surface area contributed by atoms with Crippen molar-refractivity contribution in [3.8, 4) is 0 Å². The Morgan fingerprint density at radius 2 is 2.11 bits per heavy atom. The molecule has 0 spiro atoms. The van der Waals surface area contributed by atoms with Gasteiger partial charge in [0, 0.05) is 20.3 Å². The number of aryl methyl sites for hydroxylation is 1. The number of nitrogens with zero attached hydrogens (tertiary/aromatic N) is 5. The third-order valence-electron chi connectivity index (χ3n) is 2.40.